The molecule has 0 aromatic heterocycles. The van der Waals surface area contributed by atoms with E-state index in [9.17, 15) is 0 Å². The van der Waals surface area contributed by atoms with E-state index in [0.717, 1.165) is 17.8 Å². The van der Waals surface area contributed by atoms with E-state index >= 15 is 0 Å². The van der Waals surface area contributed by atoms with Crippen LogP contribution in [0.2, 0.25) is 0 Å². The molecule has 1 saturated carbocycles. The highest BCUT2D eigenvalue weighted by Gasteiger charge is 2.37. The smallest absolute Gasteiger partial charge is 0.0109 e. The molecule has 3 atom stereocenters. The summed E-state index contributed by atoms with van der Waals surface area (Å²) in [6, 6.07) is 0. The molecule has 0 bridgehead atoms. The van der Waals surface area contributed by atoms with Gasteiger partial charge in [-0.25, -0.2) is 0 Å². The Bertz CT molecular complexity index is 270. The van der Waals surface area contributed by atoms with E-state index in [1.807, 2.05) is 0 Å². The maximum Gasteiger partial charge on any atom is -0.0109 e. The molecular formula is C14H22. The lowest BCUT2D eigenvalue weighted by molar-refractivity contribution is 0.364. The zero-order chi connectivity index (χ0) is 10.1. The maximum absolute atomic E-state index is 2.35. The minimum atomic E-state index is 0.886. The van der Waals surface area contributed by atoms with Gasteiger partial charge < -0.3 is 0 Å². The predicted octanol–water partition coefficient (Wildman–Crippen LogP) is 4.34. The summed E-state index contributed by atoms with van der Waals surface area (Å²) >= 11 is 0. The molecule has 1 fully saturated rings. The maximum atomic E-state index is 2.35. The van der Waals surface area contributed by atoms with Crippen LogP contribution in [-0.4, -0.2) is 0 Å². The van der Waals surface area contributed by atoms with Gasteiger partial charge in [-0.05, 0) is 44.4 Å². The molecule has 0 heteroatoms. The lowest BCUT2D eigenvalue weighted by Gasteiger charge is -2.29. The van der Waals surface area contributed by atoms with Gasteiger partial charge in [0.1, 0.15) is 0 Å². The van der Waals surface area contributed by atoms with Gasteiger partial charge in [0.2, 0.25) is 0 Å². The summed E-state index contributed by atoms with van der Waals surface area (Å²) in [5, 5.41) is 0. The molecule has 0 radical (unpaired) electrons. The second-order valence-electron chi connectivity index (χ2n) is 5.08. The molecule has 0 heterocycles. The van der Waals surface area contributed by atoms with E-state index in [-0.39, 0.29) is 0 Å². The van der Waals surface area contributed by atoms with Crippen molar-refractivity contribution in [3.8, 4) is 0 Å². The highest BCUT2D eigenvalue weighted by molar-refractivity contribution is 5.29. The molecular weight excluding hydrogens is 168 g/mol. The van der Waals surface area contributed by atoms with Crippen LogP contribution in [0.4, 0.5) is 0 Å². The van der Waals surface area contributed by atoms with Crippen molar-refractivity contribution in [2.45, 2.75) is 46.5 Å². The van der Waals surface area contributed by atoms with Crippen molar-refractivity contribution in [3.05, 3.63) is 23.3 Å². The molecule has 0 spiro atoms. The van der Waals surface area contributed by atoms with Gasteiger partial charge in [0.05, 0.1) is 0 Å². The van der Waals surface area contributed by atoms with Crippen molar-refractivity contribution < 1.29 is 0 Å². The van der Waals surface area contributed by atoms with Gasteiger partial charge in [-0.2, -0.15) is 0 Å². The first-order valence-electron chi connectivity index (χ1n) is 6.09. The fourth-order valence-electron chi connectivity index (χ4n) is 3.47. The molecule has 0 saturated heterocycles. The lowest BCUT2D eigenvalue weighted by Crippen LogP contribution is -2.19. The summed E-state index contributed by atoms with van der Waals surface area (Å²) in [7, 11) is 0. The zero-order valence-electron chi connectivity index (χ0n) is 9.72. The van der Waals surface area contributed by atoms with Crippen molar-refractivity contribution in [2.24, 2.45) is 17.8 Å². The number of allylic oxidation sites excluding steroid dienone is 4. The number of hydrogen-bond acceptors (Lipinski definition) is 0. The van der Waals surface area contributed by atoms with Crippen LogP contribution >= 0.6 is 0 Å². The summed E-state index contributed by atoms with van der Waals surface area (Å²) < 4.78 is 0. The quantitative estimate of drug-likeness (QED) is 0.608. The first-order chi connectivity index (χ1) is 6.74. The van der Waals surface area contributed by atoms with Gasteiger partial charge in [-0.1, -0.05) is 43.1 Å². The molecule has 2 aliphatic carbocycles. The van der Waals surface area contributed by atoms with E-state index in [4.69, 9.17) is 0 Å². The number of hydrogen-bond donors (Lipinski definition) is 0. The molecule has 78 valence electrons. The molecule has 3 unspecified atom stereocenters. The summed E-state index contributed by atoms with van der Waals surface area (Å²) in [4.78, 5) is 0. The Hall–Kier alpha value is -0.520. The van der Waals surface area contributed by atoms with E-state index in [1.54, 1.807) is 11.1 Å². The Morgan fingerprint density at radius 1 is 1.14 bits per heavy atom. The van der Waals surface area contributed by atoms with E-state index in [2.05, 4.69) is 32.9 Å². The second kappa shape index (κ2) is 3.92. The van der Waals surface area contributed by atoms with Gasteiger partial charge in [-0.15, -0.1) is 0 Å². The largest absolute Gasteiger partial charge is 0.0696 e. The standard InChI is InChI=1S/C14H22/c1-4-5-12-8-9-13-10(2)6-7-11(3)14(12)13/h6-7,12-14H,4-5,8-9H2,1-3H3. The first kappa shape index (κ1) is 10.0. The van der Waals surface area contributed by atoms with Gasteiger partial charge in [-0.3, -0.25) is 0 Å². The third-order valence-electron chi connectivity index (χ3n) is 4.17. The summed E-state index contributed by atoms with van der Waals surface area (Å²) in [5.41, 5.74) is 3.26. The van der Waals surface area contributed by atoms with Gasteiger partial charge in [0.25, 0.3) is 0 Å². The van der Waals surface area contributed by atoms with Crippen LogP contribution in [-0.2, 0) is 0 Å². The second-order valence-corrected chi connectivity index (χ2v) is 5.08. The molecule has 2 aliphatic rings. The van der Waals surface area contributed by atoms with E-state index < -0.39 is 0 Å². The third-order valence-corrected chi connectivity index (χ3v) is 4.17. The minimum absolute atomic E-state index is 0.886. The van der Waals surface area contributed by atoms with Crippen LogP contribution in [0.25, 0.3) is 0 Å². The normalized spacial score (nSPS) is 36.4. The van der Waals surface area contributed by atoms with Crippen LogP contribution in [0.5, 0.6) is 0 Å². The average molecular weight is 190 g/mol. The van der Waals surface area contributed by atoms with Crippen molar-refractivity contribution in [3.63, 3.8) is 0 Å². The van der Waals surface area contributed by atoms with Gasteiger partial charge >= 0.3 is 0 Å². The molecule has 0 nitrogen and oxygen atoms in total. The average Bonchev–Trinajstić information content (AvgIpc) is 2.58. The highest BCUT2D eigenvalue weighted by atomic mass is 14.4. The third kappa shape index (κ3) is 1.55. The number of rotatable bonds is 2. The first-order valence-corrected chi connectivity index (χ1v) is 6.09. The molecule has 14 heavy (non-hydrogen) atoms. The SMILES string of the molecule is CCCC1CCC2C(C)=CC=C(C)C12. The Morgan fingerprint density at radius 2 is 1.86 bits per heavy atom. The molecule has 2 rings (SSSR count). The zero-order valence-corrected chi connectivity index (χ0v) is 9.72. The summed E-state index contributed by atoms with van der Waals surface area (Å²) in [6.07, 6.45) is 10.4. The summed E-state index contributed by atoms with van der Waals surface area (Å²) in [5.74, 6) is 2.75. The monoisotopic (exact) mass is 190 g/mol. The van der Waals surface area contributed by atoms with Crippen molar-refractivity contribution in [1.29, 1.82) is 0 Å². The fourth-order valence-corrected chi connectivity index (χ4v) is 3.47. The molecule has 0 amide bonds. The Kier molecular flexibility index (Phi) is 2.80. The molecule has 0 aromatic rings. The molecule has 0 aliphatic heterocycles. The van der Waals surface area contributed by atoms with Gasteiger partial charge in [0.15, 0.2) is 0 Å². The Balaban J connectivity index is 2.18. The van der Waals surface area contributed by atoms with Crippen molar-refractivity contribution in [2.75, 3.05) is 0 Å². The summed E-state index contributed by atoms with van der Waals surface area (Å²) in [6.45, 7) is 6.96. The number of fused-ring (bicyclic) bond motifs is 1. The van der Waals surface area contributed by atoms with Crippen molar-refractivity contribution >= 4 is 0 Å². The van der Waals surface area contributed by atoms with Crippen LogP contribution < -0.4 is 0 Å². The van der Waals surface area contributed by atoms with Crippen LogP contribution in [0.3, 0.4) is 0 Å². The Labute approximate surface area is 88.1 Å². The van der Waals surface area contributed by atoms with E-state index in [1.165, 1.54) is 25.7 Å². The van der Waals surface area contributed by atoms with Crippen LogP contribution in [0.1, 0.15) is 46.5 Å². The van der Waals surface area contributed by atoms with Gasteiger partial charge in [0, 0.05) is 0 Å². The Morgan fingerprint density at radius 3 is 2.57 bits per heavy atom. The van der Waals surface area contributed by atoms with Crippen LogP contribution in [0.15, 0.2) is 23.3 Å². The van der Waals surface area contributed by atoms with E-state index in [0.29, 0.717) is 0 Å². The molecule has 0 N–H and O–H groups in total. The topological polar surface area (TPSA) is 0 Å². The highest BCUT2D eigenvalue weighted by Crippen LogP contribution is 2.48. The van der Waals surface area contributed by atoms with Crippen LogP contribution in [0, 0.1) is 17.8 Å². The predicted molar refractivity (Wildman–Crippen MR) is 62.1 cm³/mol. The minimum Gasteiger partial charge on any atom is -0.0696 e. The molecule has 0 aromatic carbocycles. The lowest BCUT2D eigenvalue weighted by atomic mass is 9.76. The fraction of sp³-hybridized carbons (Fsp3) is 0.714. The van der Waals surface area contributed by atoms with Crippen molar-refractivity contribution in [1.82, 2.24) is 0 Å².